The van der Waals surface area contributed by atoms with Crippen molar-refractivity contribution in [2.24, 2.45) is 0 Å². The second-order valence-corrected chi connectivity index (χ2v) is 9.53. The van der Waals surface area contributed by atoms with E-state index in [1.54, 1.807) is 23.1 Å². The Morgan fingerprint density at radius 2 is 1.45 bits per heavy atom. The molecule has 1 fully saturated rings. The maximum atomic E-state index is 13.7. The number of rotatable bonds is 4. The lowest BCUT2D eigenvalue weighted by molar-refractivity contribution is -0.137. The summed E-state index contributed by atoms with van der Waals surface area (Å²) in [4.78, 5) is 17.3. The van der Waals surface area contributed by atoms with Crippen LogP contribution in [0.2, 0.25) is 0 Å². The van der Waals surface area contributed by atoms with Crippen molar-refractivity contribution in [1.82, 2.24) is 9.47 Å². The van der Waals surface area contributed by atoms with Gasteiger partial charge in [0.2, 0.25) is 0 Å². The minimum atomic E-state index is -4.40. The van der Waals surface area contributed by atoms with E-state index in [-0.39, 0.29) is 11.7 Å². The van der Waals surface area contributed by atoms with Gasteiger partial charge in [0.1, 0.15) is 5.82 Å². The Bertz CT molecular complexity index is 1450. The topological polar surface area (TPSA) is 28.5 Å². The standard InChI is InChI=1S/C30H27F4N3O/c1-20-6-12-25(13-7-20)37-21(2)27(19-28(37)22-8-10-24(31)11-9-22)29(38)36-16-14-35(15-17-36)26-5-3-4-23(18-26)30(32,33)34/h3-13,18-19H,14-17H2,1-2H3. The fourth-order valence-electron chi connectivity index (χ4n) is 4.90. The molecule has 0 bridgehead atoms. The molecule has 5 rings (SSSR count). The van der Waals surface area contributed by atoms with Crippen molar-refractivity contribution in [2.75, 3.05) is 31.1 Å². The first-order valence-electron chi connectivity index (χ1n) is 12.4. The fourth-order valence-corrected chi connectivity index (χ4v) is 4.90. The highest BCUT2D eigenvalue weighted by Crippen LogP contribution is 2.33. The van der Waals surface area contributed by atoms with Crippen molar-refractivity contribution >= 4 is 11.6 Å². The normalized spacial score (nSPS) is 14.2. The van der Waals surface area contributed by atoms with Crippen molar-refractivity contribution in [3.8, 4) is 16.9 Å². The summed E-state index contributed by atoms with van der Waals surface area (Å²) in [5.41, 5.74) is 4.66. The summed E-state index contributed by atoms with van der Waals surface area (Å²) in [7, 11) is 0. The SMILES string of the molecule is Cc1ccc(-n2c(-c3ccc(F)cc3)cc(C(=O)N3CCN(c4cccc(C(F)(F)F)c4)CC3)c2C)cc1. The number of hydrogen-bond acceptors (Lipinski definition) is 2. The fraction of sp³-hybridized carbons (Fsp3) is 0.233. The van der Waals surface area contributed by atoms with Crippen molar-refractivity contribution in [3.05, 3.63) is 107 Å². The zero-order valence-electron chi connectivity index (χ0n) is 21.1. The van der Waals surface area contributed by atoms with Crippen LogP contribution in [0.25, 0.3) is 16.9 Å². The number of carbonyl (C=O) groups is 1. The Kier molecular flexibility index (Phi) is 6.73. The van der Waals surface area contributed by atoms with Crippen LogP contribution in [-0.4, -0.2) is 41.6 Å². The van der Waals surface area contributed by atoms with Crippen molar-refractivity contribution in [1.29, 1.82) is 0 Å². The van der Waals surface area contributed by atoms with E-state index >= 15 is 0 Å². The number of anilines is 1. The van der Waals surface area contributed by atoms with E-state index in [1.807, 2.05) is 53.6 Å². The Balaban J connectivity index is 1.42. The highest BCUT2D eigenvalue weighted by atomic mass is 19.4. The molecule has 0 N–H and O–H groups in total. The third-order valence-electron chi connectivity index (χ3n) is 7.02. The highest BCUT2D eigenvalue weighted by molar-refractivity contribution is 5.97. The van der Waals surface area contributed by atoms with Crippen molar-refractivity contribution in [3.63, 3.8) is 0 Å². The highest BCUT2D eigenvalue weighted by Gasteiger charge is 2.32. The van der Waals surface area contributed by atoms with Gasteiger partial charge in [0, 0.05) is 43.2 Å². The zero-order chi connectivity index (χ0) is 27.0. The lowest BCUT2D eigenvalue weighted by Crippen LogP contribution is -2.49. The monoisotopic (exact) mass is 521 g/mol. The van der Waals surface area contributed by atoms with Crippen LogP contribution >= 0.6 is 0 Å². The molecule has 196 valence electrons. The summed E-state index contributed by atoms with van der Waals surface area (Å²) in [6.07, 6.45) is -4.40. The number of aromatic nitrogens is 1. The number of carbonyl (C=O) groups excluding carboxylic acids is 1. The van der Waals surface area contributed by atoms with Crippen LogP contribution in [-0.2, 0) is 6.18 Å². The number of amides is 1. The first-order valence-corrected chi connectivity index (χ1v) is 12.4. The molecule has 2 heterocycles. The average molecular weight is 522 g/mol. The molecule has 1 saturated heterocycles. The Morgan fingerprint density at radius 3 is 2.08 bits per heavy atom. The van der Waals surface area contributed by atoms with E-state index in [9.17, 15) is 22.4 Å². The quantitative estimate of drug-likeness (QED) is 0.274. The summed E-state index contributed by atoms with van der Waals surface area (Å²) in [5, 5.41) is 0. The van der Waals surface area contributed by atoms with E-state index in [4.69, 9.17) is 0 Å². The number of nitrogens with zero attached hydrogens (tertiary/aromatic N) is 3. The van der Waals surface area contributed by atoms with E-state index in [0.717, 1.165) is 40.3 Å². The zero-order valence-corrected chi connectivity index (χ0v) is 21.1. The first kappa shape index (κ1) is 25.6. The van der Waals surface area contributed by atoms with Gasteiger partial charge in [-0.25, -0.2) is 4.39 Å². The third kappa shape index (κ3) is 5.03. The maximum Gasteiger partial charge on any atom is 0.416 e. The molecule has 0 radical (unpaired) electrons. The minimum Gasteiger partial charge on any atom is -0.368 e. The van der Waals surface area contributed by atoms with Gasteiger partial charge in [-0.05, 0) is 80.1 Å². The molecule has 4 aromatic rings. The number of aryl methyl sites for hydroxylation is 1. The van der Waals surface area contributed by atoms with Crippen LogP contribution in [0.3, 0.4) is 0 Å². The number of hydrogen-bond donors (Lipinski definition) is 0. The summed E-state index contributed by atoms with van der Waals surface area (Å²) in [6, 6.07) is 21.2. The van der Waals surface area contributed by atoms with E-state index in [2.05, 4.69) is 0 Å². The molecule has 1 amide bonds. The molecule has 8 heteroatoms. The largest absolute Gasteiger partial charge is 0.416 e. The molecule has 0 atom stereocenters. The molecule has 0 unspecified atom stereocenters. The molecule has 0 spiro atoms. The molecule has 4 nitrogen and oxygen atoms in total. The molecule has 1 aliphatic rings. The van der Waals surface area contributed by atoms with Crippen LogP contribution in [0.15, 0.2) is 78.9 Å². The molecule has 38 heavy (non-hydrogen) atoms. The third-order valence-corrected chi connectivity index (χ3v) is 7.02. The van der Waals surface area contributed by atoms with Crippen LogP contribution < -0.4 is 4.90 Å². The predicted octanol–water partition coefficient (Wildman–Crippen LogP) is 6.88. The Hall–Kier alpha value is -4.07. The van der Waals surface area contributed by atoms with Gasteiger partial charge < -0.3 is 14.4 Å². The van der Waals surface area contributed by atoms with E-state index < -0.39 is 11.7 Å². The molecular weight excluding hydrogens is 494 g/mol. The van der Waals surface area contributed by atoms with Crippen molar-refractivity contribution in [2.45, 2.75) is 20.0 Å². The van der Waals surface area contributed by atoms with Gasteiger partial charge in [-0.15, -0.1) is 0 Å². The lowest BCUT2D eigenvalue weighted by atomic mass is 10.1. The van der Waals surface area contributed by atoms with Gasteiger partial charge >= 0.3 is 6.18 Å². The number of alkyl halides is 3. The van der Waals surface area contributed by atoms with Gasteiger partial charge in [-0.3, -0.25) is 4.79 Å². The van der Waals surface area contributed by atoms with Crippen molar-refractivity contribution < 1.29 is 22.4 Å². The second-order valence-electron chi connectivity index (χ2n) is 9.53. The number of halogens is 4. The first-order chi connectivity index (χ1) is 18.1. The Morgan fingerprint density at radius 1 is 0.789 bits per heavy atom. The molecule has 0 saturated carbocycles. The summed E-state index contributed by atoms with van der Waals surface area (Å²) in [6.45, 7) is 5.51. The molecule has 0 aliphatic carbocycles. The number of benzene rings is 3. The van der Waals surface area contributed by atoms with Crippen LogP contribution in [0.4, 0.5) is 23.2 Å². The van der Waals surface area contributed by atoms with Crippen LogP contribution in [0.5, 0.6) is 0 Å². The minimum absolute atomic E-state index is 0.139. The molecular formula is C30H27F4N3O. The van der Waals surface area contributed by atoms with Gasteiger partial charge in [-0.1, -0.05) is 23.8 Å². The predicted molar refractivity (Wildman–Crippen MR) is 140 cm³/mol. The van der Waals surface area contributed by atoms with Crippen LogP contribution in [0, 0.1) is 19.7 Å². The van der Waals surface area contributed by atoms with E-state index in [1.165, 1.54) is 18.2 Å². The van der Waals surface area contributed by atoms with Gasteiger partial charge in [0.05, 0.1) is 16.8 Å². The van der Waals surface area contributed by atoms with Gasteiger partial charge in [0.15, 0.2) is 0 Å². The molecule has 1 aromatic heterocycles. The summed E-state index contributed by atoms with van der Waals surface area (Å²) < 4.78 is 55.1. The average Bonchev–Trinajstić information content (AvgIpc) is 3.25. The van der Waals surface area contributed by atoms with Gasteiger partial charge in [-0.2, -0.15) is 13.2 Å². The summed E-state index contributed by atoms with van der Waals surface area (Å²) >= 11 is 0. The van der Waals surface area contributed by atoms with E-state index in [0.29, 0.717) is 37.4 Å². The molecule has 3 aromatic carbocycles. The smallest absolute Gasteiger partial charge is 0.368 e. The number of piperazine rings is 1. The maximum absolute atomic E-state index is 13.7. The second kappa shape index (κ2) is 10.0. The molecule has 1 aliphatic heterocycles. The summed E-state index contributed by atoms with van der Waals surface area (Å²) in [5.74, 6) is -0.478. The van der Waals surface area contributed by atoms with Gasteiger partial charge in [0.25, 0.3) is 5.91 Å². The Labute approximate surface area is 218 Å². The lowest BCUT2D eigenvalue weighted by Gasteiger charge is -2.36. The van der Waals surface area contributed by atoms with Crippen LogP contribution in [0.1, 0.15) is 27.2 Å².